The van der Waals surface area contributed by atoms with E-state index in [0.29, 0.717) is 12.8 Å². The van der Waals surface area contributed by atoms with Gasteiger partial charge >= 0.3 is 5.97 Å². The third-order valence-electron chi connectivity index (χ3n) is 6.13. The van der Waals surface area contributed by atoms with E-state index in [4.69, 9.17) is 4.74 Å². The highest BCUT2D eigenvalue weighted by atomic mass is 32.2. The van der Waals surface area contributed by atoms with Crippen molar-refractivity contribution in [3.05, 3.63) is 29.8 Å². The molecule has 1 aromatic rings. The number of esters is 1. The minimum Gasteiger partial charge on any atom is -0.465 e. The zero-order valence-corrected chi connectivity index (χ0v) is 17.0. The number of hydrogen-bond acceptors (Lipinski definition) is 5. The first-order valence-corrected chi connectivity index (χ1v) is 11.1. The Kier molecular flexibility index (Phi) is 5.66. The molecule has 6 nitrogen and oxygen atoms in total. The smallest absolute Gasteiger partial charge is 0.324 e. The zero-order valence-electron chi connectivity index (χ0n) is 16.2. The summed E-state index contributed by atoms with van der Waals surface area (Å²) in [5, 5.41) is 10.8. The minimum absolute atomic E-state index is 0.172. The maximum atomic E-state index is 13.5. The van der Waals surface area contributed by atoms with Crippen LogP contribution in [0.1, 0.15) is 51.5 Å². The fourth-order valence-electron chi connectivity index (χ4n) is 4.56. The van der Waals surface area contributed by atoms with E-state index in [9.17, 15) is 18.3 Å². The van der Waals surface area contributed by atoms with Crippen LogP contribution >= 0.6 is 0 Å². The largest absolute Gasteiger partial charge is 0.465 e. The number of carbonyl (C=O) groups is 1. The number of benzene rings is 1. The van der Waals surface area contributed by atoms with E-state index in [2.05, 4.69) is 0 Å². The van der Waals surface area contributed by atoms with E-state index in [-0.39, 0.29) is 17.9 Å². The molecule has 3 rings (SSSR count). The molecule has 2 aliphatic rings. The van der Waals surface area contributed by atoms with Gasteiger partial charge in [-0.25, -0.2) is 8.42 Å². The summed E-state index contributed by atoms with van der Waals surface area (Å²) in [6.07, 6.45) is 2.58. The fraction of sp³-hybridized carbons (Fsp3) is 0.650. The number of carbonyl (C=O) groups excluding carboxylic acids is 1. The van der Waals surface area contributed by atoms with Crippen LogP contribution in [0.25, 0.3) is 0 Å². The number of aliphatic hydroxyl groups excluding tert-OH is 1. The average molecular weight is 396 g/mol. The van der Waals surface area contributed by atoms with Gasteiger partial charge in [0, 0.05) is 11.5 Å². The second kappa shape index (κ2) is 7.53. The van der Waals surface area contributed by atoms with Crippen molar-refractivity contribution in [2.24, 2.45) is 5.41 Å². The van der Waals surface area contributed by atoms with Crippen LogP contribution in [0, 0.1) is 12.3 Å². The van der Waals surface area contributed by atoms with Crippen LogP contribution in [0.15, 0.2) is 29.2 Å². The first kappa shape index (κ1) is 20.3. The predicted octanol–water partition coefficient (Wildman–Crippen LogP) is 2.63. The van der Waals surface area contributed by atoms with Crippen molar-refractivity contribution < 1.29 is 23.1 Å². The van der Waals surface area contributed by atoms with Gasteiger partial charge in [0.05, 0.1) is 17.6 Å². The molecule has 1 saturated heterocycles. The molecule has 4 atom stereocenters. The highest BCUT2D eigenvalue weighted by molar-refractivity contribution is 7.89. The highest BCUT2D eigenvalue weighted by Crippen LogP contribution is 2.50. The molecule has 0 spiro atoms. The molecule has 0 bridgehead atoms. The minimum atomic E-state index is -3.89. The molecule has 150 valence electrons. The molecular weight excluding hydrogens is 366 g/mol. The van der Waals surface area contributed by atoms with Gasteiger partial charge in [-0.1, -0.05) is 37.5 Å². The van der Waals surface area contributed by atoms with Crippen LogP contribution in [0.4, 0.5) is 0 Å². The van der Waals surface area contributed by atoms with Crippen molar-refractivity contribution in [2.45, 2.75) is 76.0 Å². The molecule has 1 aliphatic carbocycles. The van der Waals surface area contributed by atoms with Crippen LogP contribution in [0.5, 0.6) is 0 Å². The number of rotatable bonds is 4. The quantitative estimate of drug-likeness (QED) is 0.793. The number of aliphatic hydroxyl groups is 1. The first-order valence-electron chi connectivity index (χ1n) is 9.66. The zero-order chi connectivity index (χ0) is 19.8. The average Bonchev–Trinajstić information content (AvgIpc) is 2.86. The van der Waals surface area contributed by atoms with Gasteiger partial charge in [-0.05, 0) is 45.2 Å². The van der Waals surface area contributed by atoms with Crippen LogP contribution in [-0.4, -0.2) is 48.6 Å². The number of nitrogens with zero attached hydrogens (tertiary/aromatic N) is 1. The normalized spacial score (nSPS) is 31.9. The third-order valence-corrected chi connectivity index (χ3v) is 8.06. The molecule has 1 aliphatic heterocycles. The monoisotopic (exact) mass is 395 g/mol. The van der Waals surface area contributed by atoms with Gasteiger partial charge in [-0.3, -0.25) is 4.79 Å². The fourth-order valence-corrected chi connectivity index (χ4v) is 6.46. The molecule has 2 fully saturated rings. The number of aryl methyl sites for hydroxylation is 1. The summed E-state index contributed by atoms with van der Waals surface area (Å²) in [6.45, 7) is 5.70. The summed E-state index contributed by atoms with van der Waals surface area (Å²) < 4.78 is 33.6. The van der Waals surface area contributed by atoms with Crippen molar-refractivity contribution >= 4 is 16.0 Å². The molecule has 1 N–H and O–H groups in total. The first-order chi connectivity index (χ1) is 12.7. The molecule has 0 aromatic heterocycles. The molecule has 0 radical (unpaired) electrons. The standard InChI is InChI=1S/C20H29NO5S/c1-4-26-19(23)16-13-20(3)17(7-5-6-8-18(20)22)21(16)27(24,25)15-11-9-14(2)10-12-15/h9-12,16-18,22H,4-8,13H2,1-3H3/t16-,17+,18+,20+/m0/s1. The Hall–Kier alpha value is -1.44. The third kappa shape index (κ3) is 3.52. The molecule has 1 heterocycles. The highest BCUT2D eigenvalue weighted by Gasteiger charge is 2.59. The number of hydrogen-bond donors (Lipinski definition) is 1. The Balaban J connectivity index is 2.09. The Labute approximate surface area is 161 Å². The lowest BCUT2D eigenvalue weighted by Gasteiger charge is -2.36. The van der Waals surface area contributed by atoms with E-state index in [1.165, 1.54) is 4.31 Å². The van der Waals surface area contributed by atoms with Gasteiger partial charge in [-0.2, -0.15) is 4.31 Å². The van der Waals surface area contributed by atoms with Crippen LogP contribution in [0.3, 0.4) is 0 Å². The SMILES string of the molecule is CCOC(=O)[C@@H]1C[C@@]2(C)[C@H](O)CCCC[C@H]2N1S(=O)(=O)c1ccc(C)cc1. The predicted molar refractivity (Wildman–Crippen MR) is 102 cm³/mol. The summed E-state index contributed by atoms with van der Waals surface area (Å²) in [6, 6.07) is 5.34. The van der Waals surface area contributed by atoms with E-state index < -0.39 is 39.6 Å². The Bertz CT molecular complexity index is 791. The van der Waals surface area contributed by atoms with Crippen LogP contribution in [0.2, 0.25) is 0 Å². The van der Waals surface area contributed by atoms with Gasteiger partial charge in [-0.15, -0.1) is 0 Å². The van der Waals surface area contributed by atoms with Crippen LogP contribution in [-0.2, 0) is 19.6 Å². The molecule has 1 saturated carbocycles. The van der Waals surface area contributed by atoms with Gasteiger partial charge in [0.2, 0.25) is 10.0 Å². The number of ether oxygens (including phenoxy) is 1. The molecular formula is C20H29NO5S. The van der Waals surface area contributed by atoms with Gasteiger partial charge in [0.1, 0.15) is 6.04 Å². The summed E-state index contributed by atoms with van der Waals surface area (Å²) in [5.41, 5.74) is 0.304. The molecule has 7 heteroatoms. The lowest BCUT2D eigenvalue weighted by atomic mass is 9.75. The Morgan fingerprint density at radius 1 is 1.26 bits per heavy atom. The van der Waals surface area contributed by atoms with E-state index in [1.807, 2.05) is 13.8 Å². The van der Waals surface area contributed by atoms with Gasteiger partial charge in [0.25, 0.3) is 0 Å². The molecule has 27 heavy (non-hydrogen) atoms. The summed E-state index contributed by atoms with van der Waals surface area (Å²) in [4.78, 5) is 12.8. The second-order valence-corrected chi connectivity index (χ2v) is 9.79. The molecule has 0 unspecified atom stereocenters. The maximum absolute atomic E-state index is 13.5. The van der Waals surface area contributed by atoms with E-state index in [1.54, 1.807) is 31.2 Å². The van der Waals surface area contributed by atoms with Crippen molar-refractivity contribution in [1.29, 1.82) is 0 Å². The van der Waals surface area contributed by atoms with Crippen molar-refractivity contribution in [1.82, 2.24) is 4.31 Å². The second-order valence-electron chi connectivity index (χ2n) is 7.94. The lowest BCUT2D eigenvalue weighted by Crippen LogP contribution is -2.48. The van der Waals surface area contributed by atoms with Crippen molar-refractivity contribution in [3.8, 4) is 0 Å². The summed E-state index contributed by atoms with van der Waals surface area (Å²) >= 11 is 0. The van der Waals surface area contributed by atoms with E-state index >= 15 is 0 Å². The number of sulfonamides is 1. The Morgan fingerprint density at radius 2 is 1.89 bits per heavy atom. The number of fused-ring (bicyclic) bond motifs is 1. The molecule has 1 aromatic carbocycles. The van der Waals surface area contributed by atoms with Crippen LogP contribution < -0.4 is 0 Å². The molecule has 0 amide bonds. The lowest BCUT2D eigenvalue weighted by molar-refractivity contribution is -0.147. The Morgan fingerprint density at radius 3 is 2.52 bits per heavy atom. The van der Waals surface area contributed by atoms with Crippen molar-refractivity contribution in [3.63, 3.8) is 0 Å². The van der Waals surface area contributed by atoms with E-state index in [0.717, 1.165) is 18.4 Å². The topological polar surface area (TPSA) is 83.9 Å². The van der Waals surface area contributed by atoms with Gasteiger partial charge < -0.3 is 9.84 Å². The maximum Gasteiger partial charge on any atom is 0.324 e. The summed E-state index contributed by atoms with van der Waals surface area (Å²) in [7, 11) is -3.89. The van der Waals surface area contributed by atoms with Crippen molar-refractivity contribution in [2.75, 3.05) is 6.61 Å². The van der Waals surface area contributed by atoms with Gasteiger partial charge in [0.15, 0.2) is 0 Å². The summed E-state index contributed by atoms with van der Waals surface area (Å²) in [5.74, 6) is -0.533.